The Hall–Kier alpha value is -1.97. The van der Waals surface area contributed by atoms with Gasteiger partial charge in [-0.3, -0.25) is 4.79 Å². The molecule has 82 valence electrons. The van der Waals surface area contributed by atoms with Gasteiger partial charge in [-0.15, -0.1) is 0 Å². The van der Waals surface area contributed by atoms with Crippen LogP contribution in [0.3, 0.4) is 0 Å². The summed E-state index contributed by atoms with van der Waals surface area (Å²) in [7, 11) is 0. The van der Waals surface area contributed by atoms with E-state index in [2.05, 4.69) is 4.98 Å². The van der Waals surface area contributed by atoms with Gasteiger partial charge in [0.1, 0.15) is 13.2 Å². The Labute approximate surface area is 92.2 Å². The molecular formula is C12H11NO3. The highest BCUT2D eigenvalue weighted by Crippen LogP contribution is 2.35. The first-order chi connectivity index (χ1) is 7.79. The molecule has 0 atom stereocenters. The molecule has 0 saturated carbocycles. The van der Waals surface area contributed by atoms with Crippen LogP contribution in [-0.4, -0.2) is 24.5 Å². The third-order valence-corrected chi connectivity index (χ3v) is 2.82. The van der Waals surface area contributed by atoms with Crippen LogP contribution in [0.25, 0.3) is 10.9 Å². The van der Waals surface area contributed by atoms with Crippen LogP contribution in [-0.2, 0) is 0 Å². The molecule has 0 aliphatic carbocycles. The Morgan fingerprint density at radius 2 is 1.94 bits per heavy atom. The van der Waals surface area contributed by atoms with Crippen LogP contribution in [0.2, 0.25) is 0 Å². The van der Waals surface area contributed by atoms with Gasteiger partial charge < -0.3 is 14.5 Å². The van der Waals surface area contributed by atoms with E-state index in [-0.39, 0.29) is 0 Å². The number of rotatable bonds is 1. The zero-order chi connectivity index (χ0) is 11.1. The van der Waals surface area contributed by atoms with E-state index in [9.17, 15) is 4.79 Å². The number of aryl methyl sites for hydroxylation is 1. The van der Waals surface area contributed by atoms with Crippen LogP contribution in [0.1, 0.15) is 16.1 Å². The van der Waals surface area contributed by atoms with E-state index >= 15 is 0 Å². The van der Waals surface area contributed by atoms with E-state index in [1.807, 2.05) is 19.1 Å². The van der Waals surface area contributed by atoms with E-state index in [0.29, 0.717) is 24.5 Å². The molecule has 0 unspecified atom stereocenters. The minimum absolute atomic E-state index is 0.554. The standard InChI is InChI=1S/C12H11NO3/c1-7-9(6-14)8-4-11-12(5-10(8)13-7)16-3-2-15-11/h4-6,13H,2-3H2,1H3. The summed E-state index contributed by atoms with van der Waals surface area (Å²) in [4.78, 5) is 14.1. The Bertz CT molecular complexity index is 571. The van der Waals surface area contributed by atoms with E-state index < -0.39 is 0 Å². The Balaban J connectivity index is 2.31. The predicted octanol–water partition coefficient (Wildman–Crippen LogP) is 2.06. The average Bonchev–Trinajstić information content (AvgIpc) is 2.60. The lowest BCUT2D eigenvalue weighted by Gasteiger charge is -2.18. The fourth-order valence-electron chi connectivity index (χ4n) is 2.04. The highest BCUT2D eigenvalue weighted by atomic mass is 16.6. The molecule has 0 bridgehead atoms. The van der Waals surface area contributed by atoms with E-state index in [4.69, 9.17) is 9.47 Å². The van der Waals surface area contributed by atoms with Crippen LogP contribution in [0.5, 0.6) is 11.5 Å². The lowest BCUT2D eigenvalue weighted by molar-refractivity contribution is 0.112. The van der Waals surface area contributed by atoms with Crippen molar-refractivity contribution in [3.8, 4) is 11.5 Å². The second-order valence-electron chi connectivity index (χ2n) is 3.82. The van der Waals surface area contributed by atoms with Gasteiger partial charge in [0, 0.05) is 22.7 Å². The molecule has 1 N–H and O–H groups in total. The molecule has 1 aromatic heterocycles. The number of aromatic nitrogens is 1. The van der Waals surface area contributed by atoms with Crippen LogP contribution in [0.15, 0.2) is 12.1 Å². The van der Waals surface area contributed by atoms with Crippen molar-refractivity contribution < 1.29 is 14.3 Å². The number of aromatic amines is 1. The molecule has 1 aliphatic rings. The molecule has 0 saturated heterocycles. The summed E-state index contributed by atoms with van der Waals surface area (Å²) >= 11 is 0. The maximum Gasteiger partial charge on any atom is 0.163 e. The zero-order valence-electron chi connectivity index (χ0n) is 8.87. The van der Waals surface area contributed by atoms with Gasteiger partial charge in [0.2, 0.25) is 0 Å². The van der Waals surface area contributed by atoms with Gasteiger partial charge in [0.25, 0.3) is 0 Å². The number of benzene rings is 1. The molecule has 0 amide bonds. The summed E-state index contributed by atoms with van der Waals surface area (Å²) in [5, 5.41) is 0.886. The van der Waals surface area contributed by atoms with Crippen LogP contribution < -0.4 is 9.47 Å². The van der Waals surface area contributed by atoms with Crippen LogP contribution >= 0.6 is 0 Å². The third-order valence-electron chi connectivity index (χ3n) is 2.82. The molecule has 1 aromatic carbocycles. The summed E-state index contributed by atoms with van der Waals surface area (Å²) in [5.74, 6) is 1.44. The number of H-pyrrole nitrogens is 1. The number of carbonyl (C=O) groups is 1. The monoisotopic (exact) mass is 217 g/mol. The second-order valence-corrected chi connectivity index (χ2v) is 3.82. The van der Waals surface area contributed by atoms with Gasteiger partial charge in [-0.25, -0.2) is 0 Å². The Morgan fingerprint density at radius 1 is 1.25 bits per heavy atom. The first-order valence-electron chi connectivity index (χ1n) is 5.16. The SMILES string of the molecule is Cc1[nH]c2cc3c(cc2c1C=O)OCCO3. The first-order valence-corrected chi connectivity index (χ1v) is 5.16. The first kappa shape index (κ1) is 9.27. The van der Waals surface area contributed by atoms with Crippen molar-refractivity contribution in [3.05, 3.63) is 23.4 Å². The van der Waals surface area contributed by atoms with Gasteiger partial charge in [-0.2, -0.15) is 0 Å². The normalized spacial score (nSPS) is 14.1. The van der Waals surface area contributed by atoms with Crippen molar-refractivity contribution >= 4 is 17.2 Å². The van der Waals surface area contributed by atoms with E-state index in [1.54, 1.807) is 0 Å². The lowest BCUT2D eigenvalue weighted by atomic mass is 10.1. The topological polar surface area (TPSA) is 51.3 Å². The molecule has 2 heterocycles. The summed E-state index contributed by atoms with van der Waals surface area (Å²) in [5.41, 5.74) is 2.46. The highest BCUT2D eigenvalue weighted by molar-refractivity contribution is 6.00. The number of hydrogen-bond acceptors (Lipinski definition) is 3. The molecule has 4 nitrogen and oxygen atoms in total. The van der Waals surface area contributed by atoms with E-state index in [1.165, 1.54) is 0 Å². The van der Waals surface area contributed by atoms with Crippen molar-refractivity contribution in [3.63, 3.8) is 0 Å². The summed E-state index contributed by atoms with van der Waals surface area (Å²) in [6, 6.07) is 3.74. The van der Waals surface area contributed by atoms with Crippen molar-refractivity contribution in [1.29, 1.82) is 0 Å². The number of nitrogens with one attached hydrogen (secondary N) is 1. The van der Waals surface area contributed by atoms with Gasteiger partial charge in [-0.05, 0) is 13.0 Å². The van der Waals surface area contributed by atoms with Crippen molar-refractivity contribution in [2.75, 3.05) is 13.2 Å². The maximum atomic E-state index is 11.0. The molecular weight excluding hydrogens is 206 g/mol. The number of carbonyl (C=O) groups excluding carboxylic acids is 1. The number of hydrogen-bond donors (Lipinski definition) is 1. The largest absolute Gasteiger partial charge is 0.486 e. The smallest absolute Gasteiger partial charge is 0.163 e. The highest BCUT2D eigenvalue weighted by Gasteiger charge is 2.16. The summed E-state index contributed by atoms with van der Waals surface area (Å²) < 4.78 is 11.0. The Morgan fingerprint density at radius 3 is 2.62 bits per heavy atom. The molecule has 2 aromatic rings. The lowest BCUT2D eigenvalue weighted by Crippen LogP contribution is -2.15. The number of aldehydes is 1. The molecule has 1 aliphatic heterocycles. The Kier molecular flexibility index (Phi) is 1.89. The fraction of sp³-hybridized carbons (Fsp3) is 0.250. The zero-order valence-corrected chi connectivity index (χ0v) is 8.87. The van der Waals surface area contributed by atoms with Crippen molar-refractivity contribution in [2.45, 2.75) is 6.92 Å². The van der Waals surface area contributed by atoms with Gasteiger partial charge in [-0.1, -0.05) is 0 Å². The van der Waals surface area contributed by atoms with Gasteiger partial charge in [0.15, 0.2) is 17.8 Å². The second kappa shape index (κ2) is 3.27. The summed E-state index contributed by atoms with van der Waals surface area (Å²) in [6.45, 7) is 3.00. The molecule has 16 heavy (non-hydrogen) atoms. The predicted molar refractivity (Wildman–Crippen MR) is 59.4 cm³/mol. The van der Waals surface area contributed by atoms with Crippen LogP contribution in [0.4, 0.5) is 0 Å². The number of fused-ring (bicyclic) bond motifs is 2. The minimum atomic E-state index is 0.554. The van der Waals surface area contributed by atoms with E-state index in [0.717, 1.165) is 28.6 Å². The van der Waals surface area contributed by atoms with Gasteiger partial charge >= 0.3 is 0 Å². The average molecular weight is 217 g/mol. The molecule has 0 fully saturated rings. The molecule has 4 heteroatoms. The third kappa shape index (κ3) is 1.19. The molecule has 0 spiro atoms. The van der Waals surface area contributed by atoms with Crippen molar-refractivity contribution in [1.82, 2.24) is 4.98 Å². The van der Waals surface area contributed by atoms with Gasteiger partial charge in [0.05, 0.1) is 5.52 Å². The fourth-order valence-corrected chi connectivity index (χ4v) is 2.04. The van der Waals surface area contributed by atoms with Crippen molar-refractivity contribution in [2.24, 2.45) is 0 Å². The van der Waals surface area contributed by atoms with Crippen LogP contribution in [0, 0.1) is 6.92 Å². The quantitative estimate of drug-likeness (QED) is 0.744. The maximum absolute atomic E-state index is 11.0. The number of ether oxygens (including phenoxy) is 2. The minimum Gasteiger partial charge on any atom is -0.486 e. The molecule has 3 rings (SSSR count). The summed E-state index contributed by atoms with van der Waals surface area (Å²) in [6.07, 6.45) is 0.865. The molecule has 0 radical (unpaired) electrons.